The highest BCUT2D eigenvalue weighted by atomic mass is 79.9. The first-order valence-electron chi connectivity index (χ1n) is 7.09. The summed E-state index contributed by atoms with van der Waals surface area (Å²) in [6.45, 7) is 0.942. The van der Waals surface area contributed by atoms with Crippen LogP contribution in [-0.2, 0) is 14.3 Å². The number of rotatable bonds is 6. The minimum absolute atomic E-state index is 0.0726. The van der Waals surface area contributed by atoms with Gasteiger partial charge in [0.05, 0.1) is 0 Å². The third kappa shape index (κ3) is 5.34. The van der Waals surface area contributed by atoms with Gasteiger partial charge in [0.2, 0.25) is 0 Å². The van der Waals surface area contributed by atoms with E-state index in [0.29, 0.717) is 10.2 Å². The lowest BCUT2D eigenvalue weighted by Gasteiger charge is -2.14. The van der Waals surface area contributed by atoms with E-state index in [1.165, 1.54) is 19.1 Å². The van der Waals surface area contributed by atoms with E-state index < -0.39 is 30.4 Å². The minimum atomic E-state index is -1.00. The van der Waals surface area contributed by atoms with Crippen LogP contribution in [0.3, 0.4) is 0 Å². The van der Waals surface area contributed by atoms with E-state index in [-0.39, 0.29) is 5.75 Å². The molecule has 0 radical (unpaired) electrons. The molecule has 0 spiro atoms. The number of ether oxygens (including phenoxy) is 2. The van der Waals surface area contributed by atoms with Gasteiger partial charge in [-0.1, -0.05) is 34.1 Å². The number of hydrogen-bond donors (Lipinski definition) is 1. The molecule has 24 heavy (non-hydrogen) atoms. The summed E-state index contributed by atoms with van der Waals surface area (Å²) >= 11 is 3.12. The van der Waals surface area contributed by atoms with Crippen LogP contribution >= 0.6 is 15.9 Å². The molecule has 0 aliphatic carbocycles. The summed E-state index contributed by atoms with van der Waals surface area (Å²) in [7, 11) is 0. The Morgan fingerprint density at radius 1 is 1.21 bits per heavy atom. The zero-order chi connectivity index (χ0) is 17.5. The van der Waals surface area contributed by atoms with Crippen LogP contribution in [0.15, 0.2) is 53.0 Å². The van der Waals surface area contributed by atoms with Crippen molar-refractivity contribution in [1.29, 1.82) is 0 Å². The van der Waals surface area contributed by atoms with Gasteiger partial charge >= 0.3 is 5.97 Å². The van der Waals surface area contributed by atoms with Crippen molar-refractivity contribution >= 4 is 33.5 Å². The summed E-state index contributed by atoms with van der Waals surface area (Å²) < 4.78 is 24.1. The second-order valence-electron chi connectivity index (χ2n) is 4.85. The zero-order valence-corrected chi connectivity index (χ0v) is 14.4. The predicted molar refractivity (Wildman–Crippen MR) is 90.2 cm³/mol. The maximum absolute atomic E-state index is 13.6. The van der Waals surface area contributed by atoms with Crippen LogP contribution in [0, 0.1) is 5.82 Å². The molecule has 0 fully saturated rings. The average Bonchev–Trinajstić information content (AvgIpc) is 2.55. The number of hydrogen-bond acceptors (Lipinski definition) is 4. The van der Waals surface area contributed by atoms with Gasteiger partial charge in [0.1, 0.15) is 0 Å². The quantitative estimate of drug-likeness (QED) is 0.759. The third-order valence-electron chi connectivity index (χ3n) is 2.96. The minimum Gasteiger partial charge on any atom is -0.479 e. The van der Waals surface area contributed by atoms with E-state index in [9.17, 15) is 14.0 Å². The standard InChI is InChI=1S/C17H15BrFNO4/c1-11(17(22)20-13-5-3-2-4-6-13)24-16(21)10-23-15-8-7-12(18)9-14(15)19/h2-9,11H,10H2,1H3,(H,20,22). The molecule has 1 N–H and O–H groups in total. The Bertz CT molecular complexity index is 724. The fourth-order valence-electron chi connectivity index (χ4n) is 1.78. The van der Waals surface area contributed by atoms with Crippen LogP contribution in [0.4, 0.5) is 10.1 Å². The molecule has 5 nitrogen and oxygen atoms in total. The lowest BCUT2D eigenvalue weighted by Crippen LogP contribution is -2.31. The van der Waals surface area contributed by atoms with Crippen LogP contribution < -0.4 is 10.1 Å². The number of anilines is 1. The van der Waals surface area contributed by atoms with Gasteiger partial charge in [0.25, 0.3) is 5.91 Å². The van der Waals surface area contributed by atoms with E-state index >= 15 is 0 Å². The highest BCUT2D eigenvalue weighted by Crippen LogP contribution is 2.21. The van der Waals surface area contributed by atoms with E-state index in [2.05, 4.69) is 21.2 Å². The second kappa shape index (κ2) is 8.44. The maximum atomic E-state index is 13.6. The van der Waals surface area contributed by atoms with Crippen molar-refractivity contribution in [3.63, 3.8) is 0 Å². The highest BCUT2D eigenvalue weighted by molar-refractivity contribution is 9.10. The molecule has 0 heterocycles. The number of nitrogens with one attached hydrogen (secondary N) is 1. The summed E-state index contributed by atoms with van der Waals surface area (Å²) in [6, 6.07) is 13.0. The van der Waals surface area contributed by atoms with Gasteiger partial charge in [-0.05, 0) is 37.3 Å². The molecule has 126 valence electrons. The van der Waals surface area contributed by atoms with Gasteiger partial charge in [0, 0.05) is 10.2 Å². The van der Waals surface area contributed by atoms with E-state index in [1.807, 2.05) is 6.07 Å². The first-order valence-corrected chi connectivity index (χ1v) is 7.88. The fraction of sp³-hybridized carbons (Fsp3) is 0.176. The van der Waals surface area contributed by atoms with Gasteiger partial charge in [-0.2, -0.15) is 0 Å². The molecule has 2 aromatic carbocycles. The number of para-hydroxylation sites is 1. The van der Waals surface area contributed by atoms with E-state index in [0.717, 1.165) is 0 Å². The Morgan fingerprint density at radius 2 is 1.92 bits per heavy atom. The van der Waals surface area contributed by atoms with Crippen molar-refractivity contribution in [1.82, 2.24) is 0 Å². The number of benzene rings is 2. The maximum Gasteiger partial charge on any atom is 0.344 e. The molecule has 0 aliphatic heterocycles. The van der Waals surface area contributed by atoms with Crippen molar-refractivity contribution in [2.24, 2.45) is 0 Å². The summed E-state index contributed by atoms with van der Waals surface area (Å²) in [6.07, 6.45) is -1.00. The largest absolute Gasteiger partial charge is 0.479 e. The Hall–Kier alpha value is -2.41. The normalized spacial score (nSPS) is 11.5. The van der Waals surface area contributed by atoms with Crippen LogP contribution in [0.2, 0.25) is 0 Å². The van der Waals surface area contributed by atoms with E-state index in [4.69, 9.17) is 9.47 Å². The van der Waals surface area contributed by atoms with Crippen molar-refractivity contribution in [2.45, 2.75) is 13.0 Å². The summed E-state index contributed by atoms with van der Waals surface area (Å²) in [5.74, 6) is -1.92. The average molecular weight is 396 g/mol. The number of amides is 1. The Kier molecular flexibility index (Phi) is 6.31. The van der Waals surface area contributed by atoms with Gasteiger partial charge in [-0.3, -0.25) is 4.79 Å². The smallest absolute Gasteiger partial charge is 0.344 e. The number of halogens is 2. The molecule has 0 aromatic heterocycles. The lowest BCUT2D eigenvalue weighted by molar-refractivity contribution is -0.155. The molecule has 2 aromatic rings. The third-order valence-corrected chi connectivity index (χ3v) is 3.45. The molecule has 1 amide bonds. The molecule has 0 aliphatic rings. The van der Waals surface area contributed by atoms with Crippen molar-refractivity contribution in [3.8, 4) is 5.75 Å². The summed E-state index contributed by atoms with van der Waals surface area (Å²) in [5, 5.41) is 2.61. The van der Waals surface area contributed by atoms with Gasteiger partial charge < -0.3 is 14.8 Å². The second-order valence-corrected chi connectivity index (χ2v) is 5.77. The van der Waals surface area contributed by atoms with Gasteiger partial charge in [-0.15, -0.1) is 0 Å². The molecule has 0 saturated heterocycles. The van der Waals surface area contributed by atoms with Crippen molar-refractivity contribution in [3.05, 3.63) is 58.8 Å². The molecular formula is C17H15BrFNO4. The molecule has 1 atom stereocenters. The fourth-order valence-corrected chi connectivity index (χ4v) is 2.11. The Balaban J connectivity index is 1.81. The Morgan fingerprint density at radius 3 is 2.58 bits per heavy atom. The monoisotopic (exact) mass is 395 g/mol. The number of carbonyl (C=O) groups excluding carboxylic acids is 2. The first kappa shape index (κ1) is 17.9. The van der Waals surface area contributed by atoms with E-state index in [1.54, 1.807) is 30.3 Å². The molecule has 7 heteroatoms. The zero-order valence-electron chi connectivity index (χ0n) is 12.8. The highest BCUT2D eigenvalue weighted by Gasteiger charge is 2.18. The summed E-state index contributed by atoms with van der Waals surface area (Å²) in [4.78, 5) is 23.6. The molecule has 2 rings (SSSR count). The van der Waals surface area contributed by atoms with Crippen LogP contribution in [0.1, 0.15) is 6.92 Å². The molecule has 0 bridgehead atoms. The van der Waals surface area contributed by atoms with Crippen LogP contribution in [0.5, 0.6) is 5.75 Å². The molecule has 0 saturated carbocycles. The van der Waals surface area contributed by atoms with Crippen molar-refractivity contribution < 1.29 is 23.5 Å². The van der Waals surface area contributed by atoms with Gasteiger partial charge in [-0.25, -0.2) is 9.18 Å². The van der Waals surface area contributed by atoms with Crippen LogP contribution in [-0.4, -0.2) is 24.6 Å². The Labute approximate surface area is 146 Å². The van der Waals surface area contributed by atoms with Gasteiger partial charge in [0.15, 0.2) is 24.3 Å². The first-order chi connectivity index (χ1) is 11.5. The lowest BCUT2D eigenvalue weighted by atomic mass is 10.3. The van der Waals surface area contributed by atoms with Crippen LogP contribution in [0.25, 0.3) is 0 Å². The summed E-state index contributed by atoms with van der Waals surface area (Å²) in [5.41, 5.74) is 0.596. The van der Waals surface area contributed by atoms with Crippen molar-refractivity contribution in [2.75, 3.05) is 11.9 Å². The SMILES string of the molecule is CC(OC(=O)COc1ccc(Br)cc1F)C(=O)Nc1ccccc1. The molecular weight excluding hydrogens is 381 g/mol. The predicted octanol–water partition coefficient (Wildman–Crippen LogP) is 3.54. The topological polar surface area (TPSA) is 64.6 Å². The molecule has 1 unspecified atom stereocenters. The number of esters is 1. The number of carbonyl (C=O) groups is 2.